The number of rotatable bonds is 4. The molecule has 0 saturated carbocycles. The van der Waals surface area contributed by atoms with Crippen molar-refractivity contribution in [3.63, 3.8) is 0 Å². The van der Waals surface area contributed by atoms with Gasteiger partial charge in [0.05, 0.1) is 7.11 Å². The quantitative estimate of drug-likeness (QED) is 0.843. The maximum Gasteiger partial charge on any atom is 0.320 e. The molecule has 0 fully saturated rings. The molecule has 0 amide bonds. The van der Waals surface area contributed by atoms with E-state index in [1.165, 1.54) is 0 Å². The van der Waals surface area contributed by atoms with Gasteiger partial charge in [-0.1, -0.05) is 11.6 Å². The molecule has 0 aromatic heterocycles. The van der Waals surface area contributed by atoms with Crippen molar-refractivity contribution in [3.05, 3.63) is 28.3 Å². The number of methoxy groups -OCH3 is 1. The van der Waals surface area contributed by atoms with Gasteiger partial charge in [0, 0.05) is 10.6 Å². The van der Waals surface area contributed by atoms with E-state index in [2.05, 4.69) is 0 Å². The highest BCUT2D eigenvalue weighted by atomic mass is 35.5. The van der Waals surface area contributed by atoms with Crippen LogP contribution in [0, 0.1) is 6.92 Å². The van der Waals surface area contributed by atoms with Crippen LogP contribution < -0.4 is 10.5 Å². The van der Waals surface area contributed by atoms with E-state index in [1.54, 1.807) is 19.2 Å². The fourth-order valence-electron chi connectivity index (χ4n) is 1.38. The Hall–Kier alpha value is -1.26. The van der Waals surface area contributed by atoms with Crippen LogP contribution in [0.15, 0.2) is 12.1 Å². The van der Waals surface area contributed by atoms with Gasteiger partial charge < -0.3 is 15.6 Å². The summed E-state index contributed by atoms with van der Waals surface area (Å²) in [5, 5.41) is 9.25. The number of aliphatic carboxylic acids is 1. The highest BCUT2D eigenvalue weighted by Gasteiger charge is 2.14. The first-order valence-electron chi connectivity index (χ1n) is 4.77. The van der Waals surface area contributed by atoms with Crippen LogP contribution in [-0.4, -0.2) is 24.2 Å². The molecule has 0 aliphatic carbocycles. The van der Waals surface area contributed by atoms with Crippen molar-refractivity contribution >= 4 is 17.6 Å². The lowest BCUT2D eigenvalue weighted by Gasteiger charge is -2.11. The van der Waals surface area contributed by atoms with Crippen LogP contribution in [0.3, 0.4) is 0 Å². The predicted octanol–water partition coefficient (Wildman–Crippen LogP) is 1.61. The molecule has 0 spiro atoms. The molecule has 1 rings (SSSR count). The first-order chi connectivity index (χ1) is 7.45. The van der Waals surface area contributed by atoms with Crippen LogP contribution in [0.4, 0.5) is 0 Å². The summed E-state index contributed by atoms with van der Waals surface area (Å²) in [5.41, 5.74) is 7.03. The number of benzene rings is 1. The second-order valence-corrected chi connectivity index (χ2v) is 3.96. The fraction of sp³-hybridized carbons (Fsp3) is 0.364. The Bertz CT molecular complexity index is 406. The van der Waals surface area contributed by atoms with Crippen LogP contribution in [0.25, 0.3) is 0 Å². The van der Waals surface area contributed by atoms with E-state index in [9.17, 15) is 4.79 Å². The van der Waals surface area contributed by atoms with Gasteiger partial charge in [0.2, 0.25) is 0 Å². The second-order valence-electron chi connectivity index (χ2n) is 3.55. The molecule has 0 aliphatic heterocycles. The minimum atomic E-state index is -1.03. The molecule has 0 bridgehead atoms. The van der Waals surface area contributed by atoms with E-state index in [0.29, 0.717) is 10.8 Å². The summed E-state index contributed by atoms with van der Waals surface area (Å²) < 4.78 is 5.14. The molecule has 1 aromatic rings. The third kappa shape index (κ3) is 2.87. The molecule has 88 valence electrons. The van der Waals surface area contributed by atoms with Gasteiger partial charge in [0.15, 0.2) is 0 Å². The Morgan fingerprint density at radius 2 is 2.25 bits per heavy atom. The van der Waals surface area contributed by atoms with Gasteiger partial charge in [-0.15, -0.1) is 0 Å². The summed E-state index contributed by atoms with van der Waals surface area (Å²) in [6.07, 6.45) is 0.228. The lowest BCUT2D eigenvalue weighted by molar-refractivity contribution is -0.138. The number of carbonyl (C=O) groups is 1. The number of hydrogen-bond donors (Lipinski definition) is 2. The molecule has 3 N–H and O–H groups in total. The van der Waals surface area contributed by atoms with E-state index in [-0.39, 0.29) is 6.42 Å². The lowest BCUT2D eigenvalue weighted by Crippen LogP contribution is -2.32. The van der Waals surface area contributed by atoms with E-state index < -0.39 is 12.0 Å². The number of carboxylic acid groups (broad SMARTS) is 1. The van der Waals surface area contributed by atoms with Gasteiger partial charge in [-0.3, -0.25) is 4.79 Å². The van der Waals surface area contributed by atoms with E-state index in [0.717, 1.165) is 11.1 Å². The van der Waals surface area contributed by atoms with Gasteiger partial charge >= 0.3 is 5.97 Å². The molecule has 1 unspecified atom stereocenters. The standard InChI is InChI=1S/C11H14ClNO3/c1-6-8(12)3-7(5-10(6)16-2)4-9(13)11(14)15/h3,5,9H,4,13H2,1-2H3,(H,14,15). The second kappa shape index (κ2) is 5.18. The molecular formula is C11H14ClNO3. The molecule has 4 nitrogen and oxygen atoms in total. The summed E-state index contributed by atoms with van der Waals surface area (Å²) in [4.78, 5) is 10.6. The van der Waals surface area contributed by atoms with Crippen molar-refractivity contribution in [3.8, 4) is 5.75 Å². The first-order valence-corrected chi connectivity index (χ1v) is 5.15. The Morgan fingerprint density at radius 3 is 2.75 bits per heavy atom. The van der Waals surface area contributed by atoms with Crippen molar-refractivity contribution in [2.45, 2.75) is 19.4 Å². The Labute approximate surface area is 99.0 Å². The molecule has 5 heteroatoms. The summed E-state index contributed by atoms with van der Waals surface area (Å²) in [6, 6.07) is 2.54. The van der Waals surface area contributed by atoms with Crippen LogP contribution in [0.5, 0.6) is 5.75 Å². The topological polar surface area (TPSA) is 72.5 Å². The SMILES string of the molecule is COc1cc(CC(N)C(=O)O)cc(Cl)c1C. The summed E-state index contributed by atoms with van der Waals surface area (Å²) in [7, 11) is 1.54. The fourth-order valence-corrected chi connectivity index (χ4v) is 1.61. The number of carboxylic acids is 1. The predicted molar refractivity (Wildman–Crippen MR) is 62.1 cm³/mol. The largest absolute Gasteiger partial charge is 0.496 e. The molecule has 1 atom stereocenters. The molecule has 16 heavy (non-hydrogen) atoms. The number of nitrogens with two attached hydrogens (primary N) is 1. The van der Waals surface area contributed by atoms with Gasteiger partial charge in [0.25, 0.3) is 0 Å². The third-order valence-electron chi connectivity index (χ3n) is 2.35. The zero-order valence-electron chi connectivity index (χ0n) is 9.16. The maximum absolute atomic E-state index is 10.6. The third-order valence-corrected chi connectivity index (χ3v) is 2.74. The number of ether oxygens (including phenoxy) is 1. The summed E-state index contributed by atoms with van der Waals surface area (Å²) in [5.74, 6) is -0.393. The van der Waals surface area contributed by atoms with Gasteiger partial charge in [-0.25, -0.2) is 0 Å². The monoisotopic (exact) mass is 243 g/mol. The van der Waals surface area contributed by atoms with Gasteiger partial charge in [-0.2, -0.15) is 0 Å². The van der Waals surface area contributed by atoms with E-state index in [4.69, 9.17) is 27.2 Å². The molecular weight excluding hydrogens is 230 g/mol. The van der Waals surface area contributed by atoms with Crippen molar-refractivity contribution < 1.29 is 14.6 Å². The molecule has 0 saturated heterocycles. The molecule has 0 radical (unpaired) electrons. The summed E-state index contributed by atoms with van der Waals surface area (Å²) >= 11 is 5.99. The highest BCUT2D eigenvalue weighted by molar-refractivity contribution is 6.31. The Morgan fingerprint density at radius 1 is 1.62 bits per heavy atom. The molecule has 0 aliphatic rings. The van der Waals surface area contributed by atoms with Gasteiger partial charge in [-0.05, 0) is 31.0 Å². The molecule has 0 heterocycles. The van der Waals surface area contributed by atoms with Crippen molar-refractivity contribution in [2.24, 2.45) is 5.73 Å². The van der Waals surface area contributed by atoms with Crippen LogP contribution in [0.1, 0.15) is 11.1 Å². The average molecular weight is 244 g/mol. The smallest absolute Gasteiger partial charge is 0.320 e. The maximum atomic E-state index is 10.6. The first kappa shape index (κ1) is 12.8. The minimum Gasteiger partial charge on any atom is -0.496 e. The van der Waals surface area contributed by atoms with Gasteiger partial charge in [0.1, 0.15) is 11.8 Å². The number of hydrogen-bond acceptors (Lipinski definition) is 3. The van der Waals surface area contributed by atoms with Crippen LogP contribution in [-0.2, 0) is 11.2 Å². The Balaban J connectivity index is 2.98. The normalized spacial score (nSPS) is 12.2. The van der Waals surface area contributed by atoms with Crippen molar-refractivity contribution in [1.29, 1.82) is 0 Å². The zero-order valence-corrected chi connectivity index (χ0v) is 9.91. The van der Waals surface area contributed by atoms with Crippen LogP contribution in [0.2, 0.25) is 5.02 Å². The lowest BCUT2D eigenvalue weighted by atomic mass is 10.0. The van der Waals surface area contributed by atoms with E-state index >= 15 is 0 Å². The van der Waals surface area contributed by atoms with E-state index in [1.807, 2.05) is 6.92 Å². The average Bonchev–Trinajstić information content (AvgIpc) is 2.22. The Kier molecular flexibility index (Phi) is 4.15. The van der Waals surface area contributed by atoms with Crippen molar-refractivity contribution in [2.75, 3.05) is 7.11 Å². The minimum absolute atomic E-state index is 0.228. The zero-order chi connectivity index (χ0) is 12.3. The van der Waals surface area contributed by atoms with Crippen molar-refractivity contribution in [1.82, 2.24) is 0 Å². The number of halogens is 1. The molecule has 1 aromatic carbocycles. The van der Waals surface area contributed by atoms with Crippen LogP contribution >= 0.6 is 11.6 Å². The highest BCUT2D eigenvalue weighted by Crippen LogP contribution is 2.27. The summed E-state index contributed by atoms with van der Waals surface area (Å²) in [6.45, 7) is 1.84.